The van der Waals surface area contributed by atoms with Crippen LogP contribution in [-0.4, -0.2) is 93.6 Å². The first kappa shape index (κ1) is 37.3. The van der Waals surface area contributed by atoms with Gasteiger partial charge in [-0.1, -0.05) is 38.3 Å². The maximum Gasteiger partial charge on any atom is 0.407 e. The number of unbranched alkanes of at least 4 members (excludes halogenated alkanes) is 3. The quantitative estimate of drug-likeness (QED) is 0.0682. The summed E-state index contributed by atoms with van der Waals surface area (Å²) in [4.78, 5) is 36.7. The second-order valence-electron chi connectivity index (χ2n) is 13.0. The molecule has 1 spiro atoms. The molecule has 0 radical (unpaired) electrons. The Morgan fingerprint density at radius 1 is 1.09 bits per heavy atom. The number of allylic oxidation sites excluding steroid dienone is 1. The molecule has 4 N–H and O–H groups in total. The van der Waals surface area contributed by atoms with Crippen molar-refractivity contribution in [2.24, 2.45) is 11.8 Å². The van der Waals surface area contributed by atoms with Crippen LogP contribution in [0, 0.1) is 11.8 Å². The first-order valence-corrected chi connectivity index (χ1v) is 16.8. The molecule has 258 valence electrons. The summed E-state index contributed by atoms with van der Waals surface area (Å²) in [6.45, 7) is 11.7. The molecule has 0 aromatic rings. The van der Waals surface area contributed by atoms with Crippen molar-refractivity contribution in [3.8, 4) is 0 Å². The van der Waals surface area contributed by atoms with E-state index in [1.165, 1.54) is 5.57 Å². The number of carbonyl (C=O) groups excluding carboxylic acids is 3. The minimum atomic E-state index is -0.576. The fourth-order valence-electron chi connectivity index (χ4n) is 6.19. The third-order valence-electron chi connectivity index (χ3n) is 8.98. The number of epoxide rings is 2. The van der Waals surface area contributed by atoms with Gasteiger partial charge in [0, 0.05) is 20.2 Å². The normalized spacial score (nSPS) is 29.1. The first-order valence-electron chi connectivity index (χ1n) is 16.1. The zero-order valence-electron chi connectivity index (χ0n) is 27.6. The van der Waals surface area contributed by atoms with Crippen LogP contribution in [0.15, 0.2) is 11.6 Å². The average molecular weight is 661 g/mol. The van der Waals surface area contributed by atoms with Crippen LogP contribution in [0.3, 0.4) is 0 Å². The highest BCUT2D eigenvalue weighted by Crippen LogP contribution is 2.59. The Balaban J connectivity index is 1.38. The van der Waals surface area contributed by atoms with E-state index in [-0.39, 0.29) is 61.0 Å². The third kappa shape index (κ3) is 11.3. The van der Waals surface area contributed by atoms with Crippen molar-refractivity contribution in [1.29, 1.82) is 0 Å². The number of halogens is 1. The van der Waals surface area contributed by atoms with Crippen LogP contribution in [-0.2, 0) is 28.5 Å². The molecule has 45 heavy (non-hydrogen) atoms. The Kier molecular flexibility index (Phi) is 14.7. The summed E-state index contributed by atoms with van der Waals surface area (Å²) in [5, 5.41) is 8.32. The highest BCUT2D eigenvalue weighted by atomic mass is 32.2. The van der Waals surface area contributed by atoms with E-state index in [4.69, 9.17) is 23.7 Å². The molecule has 7 atom stereocenters. The topological polar surface area (TPSA) is 152 Å². The number of hydrogen-bond acceptors (Lipinski definition) is 10. The van der Waals surface area contributed by atoms with Crippen molar-refractivity contribution >= 4 is 30.4 Å². The van der Waals surface area contributed by atoms with Crippen LogP contribution < -0.4 is 20.7 Å². The van der Waals surface area contributed by atoms with E-state index in [9.17, 15) is 18.3 Å². The zero-order valence-corrected chi connectivity index (χ0v) is 28.4. The molecule has 12 nitrogen and oxygen atoms in total. The summed E-state index contributed by atoms with van der Waals surface area (Å²) in [5.41, 5.74) is 0.517. The molecule has 3 rings (SSSR count). The summed E-state index contributed by atoms with van der Waals surface area (Å²) in [5.74, 6) is -0.328. The smallest absolute Gasteiger partial charge is 0.407 e. The molecule has 2 saturated heterocycles. The van der Waals surface area contributed by atoms with Gasteiger partial charge in [0.2, 0.25) is 5.91 Å². The highest BCUT2D eigenvalue weighted by Gasteiger charge is 2.72. The molecular formula is C31H53FN4O8S. The van der Waals surface area contributed by atoms with Crippen LogP contribution in [0.25, 0.3) is 0 Å². The van der Waals surface area contributed by atoms with Gasteiger partial charge >= 0.3 is 12.2 Å². The van der Waals surface area contributed by atoms with Crippen molar-refractivity contribution in [2.75, 3.05) is 40.0 Å². The number of rotatable bonds is 19. The molecule has 0 aromatic heterocycles. The highest BCUT2D eigenvalue weighted by molar-refractivity contribution is 7.92. The van der Waals surface area contributed by atoms with Crippen molar-refractivity contribution in [1.82, 2.24) is 20.7 Å². The van der Waals surface area contributed by atoms with Gasteiger partial charge in [-0.15, -0.1) is 3.89 Å². The van der Waals surface area contributed by atoms with E-state index in [0.717, 1.165) is 38.5 Å². The molecule has 5 unspecified atom stereocenters. The van der Waals surface area contributed by atoms with Crippen LogP contribution in [0.1, 0.15) is 79.6 Å². The number of amides is 3. The van der Waals surface area contributed by atoms with E-state index in [1.54, 1.807) is 7.11 Å². The molecular weight excluding hydrogens is 607 g/mol. The van der Waals surface area contributed by atoms with Gasteiger partial charge in [-0.05, 0) is 58.8 Å². The average Bonchev–Trinajstić information content (AvgIpc) is 3.91. The second kappa shape index (κ2) is 17.7. The Bertz CT molecular complexity index is 1010. The molecule has 0 aromatic carbocycles. The summed E-state index contributed by atoms with van der Waals surface area (Å²) in [6.07, 6.45) is 5.78. The van der Waals surface area contributed by atoms with E-state index in [2.05, 4.69) is 47.5 Å². The second-order valence-corrected chi connectivity index (χ2v) is 13.4. The molecule has 3 aliphatic rings. The Hall–Kier alpha value is -2.13. The minimum Gasteiger partial charge on any atom is -0.447 e. The molecule has 1 saturated carbocycles. The molecule has 3 fully saturated rings. The van der Waals surface area contributed by atoms with Crippen LogP contribution in [0.5, 0.6) is 0 Å². The van der Waals surface area contributed by atoms with E-state index >= 15 is 0 Å². The van der Waals surface area contributed by atoms with Gasteiger partial charge in [-0.3, -0.25) is 4.79 Å². The molecule has 1 aliphatic carbocycles. The fourth-order valence-corrected chi connectivity index (χ4v) is 6.37. The van der Waals surface area contributed by atoms with Crippen LogP contribution >= 0.6 is 12.3 Å². The number of carbonyl (C=O) groups is 3. The summed E-state index contributed by atoms with van der Waals surface area (Å²) in [7, 11) is 1.64. The lowest BCUT2D eigenvalue weighted by molar-refractivity contribution is -0.119. The number of nitrogens with one attached hydrogen (secondary N) is 4. The van der Waals surface area contributed by atoms with Gasteiger partial charge in [0.15, 0.2) is 0 Å². The van der Waals surface area contributed by atoms with Gasteiger partial charge in [0.25, 0.3) is 0 Å². The van der Waals surface area contributed by atoms with Gasteiger partial charge in [0.05, 0.1) is 31.2 Å². The van der Waals surface area contributed by atoms with E-state index in [0.29, 0.717) is 26.1 Å². The van der Waals surface area contributed by atoms with Gasteiger partial charge in [-0.25, -0.2) is 14.3 Å². The van der Waals surface area contributed by atoms with Crippen molar-refractivity contribution in [3.63, 3.8) is 0 Å². The standard InChI is InChI=1S/C31H53FN4O8S/c1-20(2)11-12-24-30(5,44-24)27-26(40-6)23(13-14-31(27)19-42-31)43-29(39)36-22(21(3)4)18-41-28(38)34-16-10-8-7-9-15-33-25(37)17-35-45-32/h11,21-24,26-27,35H,7-10,12-19H2,1-6H3,(H,33,37)(H,34,38)(H,36,39)/t22-,23?,24+,26?,27?,30?,31?/m0/s1. The van der Waals surface area contributed by atoms with Gasteiger partial charge in [0.1, 0.15) is 42.4 Å². The summed E-state index contributed by atoms with van der Waals surface area (Å²) < 4.78 is 43.7. The summed E-state index contributed by atoms with van der Waals surface area (Å²) >= 11 is -0.0857. The zero-order chi connectivity index (χ0) is 33.0. The Labute approximate surface area is 271 Å². The number of methoxy groups -OCH3 is 1. The molecule has 14 heteroatoms. The lowest BCUT2D eigenvalue weighted by Gasteiger charge is -2.42. The van der Waals surface area contributed by atoms with Crippen LogP contribution in [0.2, 0.25) is 0 Å². The number of hydrogen-bond donors (Lipinski definition) is 4. The lowest BCUT2D eigenvalue weighted by atomic mass is 9.68. The SMILES string of the molecule is COC1C(OC(=O)N[C@@H](COC(=O)NCCCCCCNC(=O)CNSF)C(C)C)CCC2(CO2)C1C1(C)O[C@@H]1CC=C(C)C. The van der Waals surface area contributed by atoms with E-state index in [1.807, 2.05) is 13.8 Å². The van der Waals surface area contributed by atoms with Gasteiger partial charge < -0.3 is 39.6 Å². The number of alkyl carbamates (subject to hydrolysis) is 2. The van der Waals surface area contributed by atoms with Crippen molar-refractivity contribution < 1.29 is 42.0 Å². The molecule has 2 aliphatic heterocycles. The monoisotopic (exact) mass is 660 g/mol. The maximum absolute atomic E-state index is 13.1. The molecule has 0 bridgehead atoms. The van der Waals surface area contributed by atoms with Gasteiger partial charge in [-0.2, -0.15) is 0 Å². The lowest BCUT2D eigenvalue weighted by Crippen LogP contribution is -2.56. The Morgan fingerprint density at radius 3 is 2.38 bits per heavy atom. The minimum absolute atomic E-state index is 0.00394. The predicted molar refractivity (Wildman–Crippen MR) is 169 cm³/mol. The third-order valence-corrected chi connectivity index (χ3v) is 9.23. The van der Waals surface area contributed by atoms with Crippen LogP contribution in [0.4, 0.5) is 13.5 Å². The number of ether oxygens (including phenoxy) is 5. The van der Waals surface area contributed by atoms with E-state index < -0.39 is 29.9 Å². The fraction of sp³-hybridized carbons (Fsp3) is 0.839. The summed E-state index contributed by atoms with van der Waals surface area (Å²) in [6, 6.07) is -0.437. The predicted octanol–water partition coefficient (Wildman–Crippen LogP) is 4.34. The maximum atomic E-state index is 13.1. The molecule has 2 heterocycles. The van der Waals surface area contributed by atoms with Crippen molar-refractivity contribution in [2.45, 2.75) is 115 Å². The largest absolute Gasteiger partial charge is 0.447 e. The molecule has 3 amide bonds. The Morgan fingerprint density at radius 2 is 1.78 bits per heavy atom. The first-order chi connectivity index (χ1) is 21.5. The van der Waals surface area contributed by atoms with Crippen molar-refractivity contribution in [3.05, 3.63) is 11.6 Å².